The molecule has 0 bridgehead atoms. The average molecular weight is 249 g/mol. The summed E-state index contributed by atoms with van der Waals surface area (Å²) in [6.07, 6.45) is 0. The molecule has 0 spiro atoms. The van der Waals surface area contributed by atoms with Crippen molar-refractivity contribution in [3.8, 4) is 0 Å². The van der Waals surface area contributed by atoms with Crippen molar-refractivity contribution in [1.29, 1.82) is 0 Å². The van der Waals surface area contributed by atoms with E-state index in [0.717, 1.165) is 9.35 Å². The summed E-state index contributed by atoms with van der Waals surface area (Å²) in [4.78, 5) is 1.12. The first kappa shape index (κ1) is 8.69. The maximum absolute atomic E-state index is 5.51. The first-order valence-corrected chi connectivity index (χ1v) is 5.40. The predicted octanol–water partition coefficient (Wildman–Crippen LogP) is 2.73. The molecule has 0 radical (unpaired) electrons. The van der Waals surface area contributed by atoms with Gasteiger partial charge in [0.15, 0.2) is 0 Å². The predicted molar refractivity (Wildman–Crippen MR) is 51.3 cm³/mol. The van der Waals surface area contributed by atoms with Gasteiger partial charge in [-0.15, -0.1) is 11.3 Å². The van der Waals surface area contributed by atoms with E-state index in [0.29, 0.717) is 13.2 Å². The maximum Gasteiger partial charge on any atom is 0.201 e. The van der Waals surface area contributed by atoms with E-state index in [1.807, 2.05) is 18.4 Å². The maximum atomic E-state index is 5.51. The smallest absolute Gasteiger partial charge is 0.201 e. The van der Waals surface area contributed by atoms with Gasteiger partial charge >= 0.3 is 0 Å². The molecule has 1 aliphatic heterocycles. The van der Waals surface area contributed by atoms with Gasteiger partial charge in [-0.2, -0.15) is 0 Å². The Morgan fingerprint density at radius 3 is 2.67 bits per heavy atom. The lowest BCUT2D eigenvalue weighted by Crippen LogP contribution is -2.20. The summed E-state index contributed by atoms with van der Waals surface area (Å²) in [6, 6.07) is 2.04. The second-order valence-electron chi connectivity index (χ2n) is 2.77. The third-order valence-electron chi connectivity index (χ3n) is 1.85. The van der Waals surface area contributed by atoms with Crippen LogP contribution in [0.4, 0.5) is 0 Å². The SMILES string of the molecule is CC1(c2cc(Br)cs2)OCCO1. The van der Waals surface area contributed by atoms with Gasteiger partial charge in [0.2, 0.25) is 5.79 Å². The van der Waals surface area contributed by atoms with Crippen molar-refractivity contribution in [3.05, 3.63) is 20.8 Å². The molecule has 12 heavy (non-hydrogen) atoms. The molecule has 1 fully saturated rings. The number of hydrogen-bond donors (Lipinski definition) is 0. The monoisotopic (exact) mass is 248 g/mol. The molecule has 0 amide bonds. The Morgan fingerprint density at radius 1 is 1.50 bits per heavy atom. The summed E-state index contributed by atoms with van der Waals surface area (Å²) in [5.74, 6) is -0.503. The summed E-state index contributed by atoms with van der Waals surface area (Å²) in [5, 5.41) is 2.03. The minimum atomic E-state index is -0.503. The standard InChI is InChI=1S/C8H9BrO2S/c1-8(10-2-3-11-8)7-4-6(9)5-12-7/h4-5H,2-3H2,1H3. The quantitative estimate of drug-likeness (QED) is 0.761. The molecule has 1 saturated heterocycles. The van der Waals surface area contributed by atoms with E-state index >= 15 is 0 Å². The van der Waals surface area contributed by atoms with Crippen molar-refractivity contribution < 1.29 is 9.47 Å². The zero-order chi connectivity index (χ0) is 8.60. The van der Waals surface area contributed by atoms with E-state index in [2.05, 4.69) is 15.9 Å². The molecular formula is C8H9BrO2S. The number of thiophene rings is 1. The molecule has 0 aromatic carbocycles. The fraction of sp³-hybridized carbons (Fsp3) is 0.500. The van der Waals surface area contributed by atoms with Crippen LogP contribution in [0.2, 0.25) is 0 Å². The lowest BCUT2D eigenvalue weighted by atomic mass is 10.3. The highest BCUT2D eigenvalue weighted by molar-refractivity contribution is 9.10. The van der Waals surface area contributed by atoms with Gasteiger partial charge in [-0.05, 0) is 28.9 Å². The van der Waals surface area contributed by atoms with Crippen LogP contribution in [0, 0.1) is 0 Å². The third kappa shape index (κ3) is 1.44. The Bertz CT molecular complexity index is 278. The van der Waals surface area contributed by atoms with Gasteiger partial charge in [-0.3, -0.25) is 0 Å². The fourth-order valence-corrected chi connectivity index (χ4v) is 2.70. The van der Waals surface area contributed by atoms with E-state index in [1.165, 1.54) is 0 Å². The Hall–Kier alpha value is 0.1000. The highest BCUT2D eigenvalue weighted by Gasteiger charge is 2.34. The van der Waals surface area contributed by atoms with Crippen LogP contribution in [0.5, 0.6) is 0 Å². The second kappa shape index (κ2) is 3.10. The van der Waals surface area contributed by atoms with Crippen LogP contribution < -0.4 is 0 Å². The molecule has 0 N–H and O–H groups in total. The Labute approximate surface area is 83.6 Å². The number of rotatable bonds is 1. The molecule has 2 nitrogen and oxygen atoms in total. The third-order valence-corrected chi connectivity index (χ3v) is 3.73. The molecule has 0 unspecified atom stereocenters. The molecule has 1 aromatic rings. The van der Waals surface area contributed by atoms with Gasteiger partial charge in [0, 0.05) is 9.85 Å². The lowest BCUT2D eigenvalue weighted by Gasteiger charge is -2.19. The molecule has 0 aliphatic carbocycles. The zero-order valence-corrected chi connectivity index (χ0v) is 9.07. The summed E-state index contributed by atoms with van der Waals surface area (Å²) in [5.41, 5.74) is 0. The van der Waals surface area contributed by atoms with Crippen LogP contribution in [-0.2, 0) is 15.3 Å². The number of ether oxygens (including phenoxy) is 2. The summed E-state index contributed by atoms with van der Waals surface area (Å²) in [7, 11) is 0. The highest BCUT2D eigenvalue weighted by Crippen LogP contribution is 2.36. The molecule has 0 atom stereocenters. The highest BCUT2D eigenvalue weighted by atomic mass is 79.9. The van der Waals surface area contributed by atoms with Crippen LogP contribution in [-0.4, -0.2) is 13.2 Å². The summed E-state index contributed by atoms with van der Waals surface area (Å²) < 4.78 is 12.1. The fourth-order valence-electron chi connectivity index (χ4n) is 1.21. The van der Waals surface area contributed by atoms with Gasteiger partial charge in [0.25, 0.3) is 0 Å². The molecule has 2 rings (SSSR count). The van der Waals surface area contributed by atoms with Crippen LogP contribution in [0.25, 0.3) is 0 Å². The zero-order valence-electron chi connectivity index (χ0n) is 6.67. The van der Waals surface area contributed by atoms with Crippen molar-refractivity contribution in [3.63, 3.8) is 0 Å². The lowest BCUT2D eigenvalue weighted by molar-refractivity contribution is -0.146. The number of hydrogen-bond acceptors (Lipinski definition) is 3. The largest absolute Gasteiger partial charge is 0.343 e. The van der Waals surface area contributed by atoms with Crippen LogP contribution in [0.3, 0.4) is 0 Å². The molecule has 0 saturated carbocycles. The topological polar surface area (TPSA) is 18.5 Å². The van der Waals surface area contributed by atoms with Crippen LogP contribution >= 0.6 is 27.3 Å². The van der Waals surface area contributed by atoms with Crippen molar-refractivity contribution in [1.82, 2.24) is 0 Å². The summed E-state index contributed by atoms with van der Waals surface area (Å²) >= 11 is 5.05. The first-order chi connectivity index (χ1) is 5.71. The molecule has 1 aromatic heterocycles. The van der Waals surface area contributed by atoms with Gasteiger partial charge in [0.1, 0.15) is 0 Å². The van der Waals surface area contributed by atoms with E-state index in [4.69, 9.17) is 9.47 Å². The van der Waals surface area contributed by atoms with Crippen molar-refractivity contribution in [2.45, 2.75) is 12.7 Å². The van der Waals surface area contributed by atoms with Crippen LogP contribution in [0.15, 0.2) is 15.9 Å². The summed E-state index contributed by atoms with van der Waals surface area (Å²) in [6.45, 7) is 3.33. The Morgan fingerprint density at radius 2 is 2.17 bits per heavy atom. The van der Waals surface area contributed by atoms with Crippen molar-refractivity contribution >= 4 is 27.3 Å². The average Bonchev–Trinajstić information content (AvgIpc) is 2.59. The van der Waals surface area contributed by atoms with E-state index in [9.17, 15) is 0 Å². The van der Waals surface area contributed by atoms with Gasteiger partial charge in [-0.25, -0.2) is 0 Å². The second-order valence-corrected chi connectivity index (χ2v) is 4.60. The molecule has 66 valence electrons. The van der Waals surface area contributed by atoms with Crippen molar-refractivity contribution in [2.75, 3.05) is 13.2 Å². The Kier molecular flexibility index (Phi) is 2.25. The minimum absolute atomic E-state index is 0.503. The minimum Gasteiger partial charge on any atom is -0.343 e. The Balaban J connectivity index is 2.28. The molecule has 2 heterocycles. The number of halogens is 1. The van der Waals surface area contributed by atoms with E-state index < -0.39 is 5.79 Å². The van der Waals surface area contributed by atoms with Gasteiger partial charge in [0.05, 0.1) is 18.1 Å². The van der Waals surface area contributed by atoms with Crippen molar-refractivity contribution in [2.24, 2.45) is 0 Å². The van der Waals surface area contributed by atoms with Gasteiger partial charge in [-0.1, -0.05) is 0 Å². The van der Waals surface area contributed by atoms with E-state index in [1.54, 1.807) is 11.3 Å². The normalized spacial score (nSPS) is 21.5. The molecule has 4 heteroatoms. The van der Waals surface area contributed by atoms with Gasteiger partial charge < -0.3 is 9.47 Å². The molecular weight excluding hydrogens is 240 g/mol. The first-order valence-electron chi connectivity index (χ1n) is 3.73. The van der Waals surface area contributed by atoms with E-state index in [-0.39, 0.29) is 0 Å². The van der Waals surface area contributed by atoms with Crippen LogP contribution in [0.1, 0.15) is 11.8 Å². The molecule has 1 aliphatic rings.